The molecule has 1 N–H and O–H groups in total. The molecule has 0 radical (unpaired) electrons. The molecule has 2 aromatic carbocycles. The van der Waals surface area contributed by atoms with Crippen molar-refractivity contribution in [3.05, 3.63) is 64.2 Å². The summed E-state index contributed by atoms with van der Waals surface area (Å²) in [5, 5.41) is 13.5. The van der Waals surface area contributed by atoms with E-state index in [-0.39, 0.29) is 23.9 Å². The highest BCUT2D eigenvalue weighted by atomic mass is 16.6. The first-order chi connectivity index (χ1) is 11.5. The van der Waals surface area contributed by atoms with Crippen LogP contribution in [0.4, 0.5) is 17.1 Å². The maximum absolute atomic E-state index is 12.8. The maximum Gasteiger partial charge on any atom is 0.269 e. The molecule has 1 aliphatic rings. The molecule has 1 unspecified atom stereocenters. The number of carbonyl (C=O) groups excluding carboxylic acids is 2. The fraction of sp³-hybridized carbons (Fsp3) is 0.176. The molecule has 1 heterocycles. The zero-order valence-corrected chi connectivity index (χ0v) is 12.9. The van der Waals surface area contributed by atoms with E-state index >= 15 is 0 Å². The molecule has 3 rings (SSSR count). The summed E-state index contributed by atoms with van der Waals surface area (Å²) >= 11 is 0. The first kappa shape index (κ1) is 15.7. The lowest BCUT2D eigenvalue weighted by molar-refractivity contribution is -0.384. The summed E-state index contributed by atoms with van der Waals surface area (Å²) < 4.78 is 0. The minimum absolute atomic E-state index is 0.0398. The average Bonchev–Trinajstić information content (AvgIpc) is 2.59. The molecule has 2 amide bonds. The normalized spacial score (nSPS) is 16.0. The molecule has 24 heavy (non-hydrogen) atoms. The van der Waals surface area contributed by atoms with Crippen molar-refractivity contribution < 1.29 is 14.5 Å². The van der Waals surface area contributed by atoms with Gasteiger partial charge in [0.05, 0.1) is 10.8 Å². The fourth-order valence-electron chi connectivity index (χ4n) is 2.79. The lowest BCUT2D eigenvalue weighted by atomic mass is 9.89. The molecule has 0 aromatic heterocycles. The van der Waals surface area contributed by atoms with Crippen molar-refractivity contribution in [3.63, 3.8) is 0 Å². The van der Waals surface area contributed by atoms with Gasteiger partial charge in [-0.15, -0.1) is 0 Å². The van der Waals surface area contributed by atoms with E-state index in [1.54, 1.807) is 19.2 Å². The van der Waals surface area contributed by atoms with Crippen LogP contribution in [0, 0.1) is 10.1 Å². The number of likely N-dealkylation sites (N-methyl/N-ethyl adjacent to an activating group) is 1. The highest BCUT2D eigenvalue weighted by Gasteiger charge is 2.32. The van der Waals surface area contributed by atoms with Crippen LogP contribution in [0.25, 0.3) is 0 Å². The third kappa shape index (κ3) is 2.83. The van der Waals surface area contributed by atoms with Gasteiger partial charge >= 0.3 is 0 Å². The van der Waals surface area contributed by atoms with Crippen molar-refractivity contribution in [1.82, 2.24) is 0 Å². The predicted molar refractivity (Wildman–Crippen MR) is 88.9 cm³/mol. The minimum Gasteiger partial charge on any atom is -0.326 e. The van der Waals surface area contributed by atoms with Crippen LogP contribution in [-0.2, 0) is 9.59 Å². The molecule has 0 spiro atoms. The Morgan fingerprint density at radius 3 is 2.54 bits per heavy atom. The topological polar surface area (TPSA) is 92.6 Å². The summed E-state index contributed by atoms with van der Waals surface area (Å²) in [6.45, 7) is 0. The second-order valence-electron chi connectivity index (χ2n) is 5.56. The first-order valence-corrected chi connectivity index (χ1v) is 7.38. The number of benzene rings is 2. The molecule has 0 saturated carbocycles. The Morgan fingerprint density at radius 2 is 1.88 bits per heavy atom. The highest BCUT2D eigenvalue weighted by molar-refractivity contribution is 6.05. The van der Waals surface area contributed by atoms with Gasteiger partial charge in [-0.2, -0.15) is 0 Å². The number of fused-ring (bicyclic) bond motifs is 1. The van der Waals surface area contributed by atoms with Crippen LogP contribution in [0.15, 0.2) is 48.5 Å². The van der Waals surface area contributed by atoms with Crippen LogP contribution in [0.2, 0.25) is 0 Å². The molecule has 122 valence electrons. The summed E-state index contributed by atoms with van der Waals surface area (Å²) in [5.74, 6) is -1.01. The second kappa shape index (κ2) is 6.11. The summed E-state index contributed by atoms with van der Waals surface area (Å²) in [6.07, 6.45) is 0.0766. The van der Waals surface area contributed by atoms with Crippen molar-refractivity contribution in [2.24, 2.45) is 0 Å². The lowest BCUT2D eigenvalue weighted by Gasteiger charge is -2.28. The van der Waals surface area contributed by atoms with Gasteiger partial charge in [0.15, 0.2) is 0 Å². The number of rotatable bonds is 3. The van der Waals surface area contributed by atoms with E-state index in [0.29, 0.717) is 11.4 Å². The molecule has 0 saturated heterocycles. The quantitative estimate of drug-likeness (QED) is 0.693. The third-order valence-corrected chi connectivity index (χ3v) is 4.08. The summed E-state index contributed by atoms with van der Waals surface area (Å²) in [6, 6.07) is 12.9. The summed E-state index contributed by atoms with van der Waals surface area (Å²) in [7, 11) is 1.60. The van der Waals surface area contributed by atoms with Crippen molar-refractivity contribution >= 4 is 28.9 Å². The Kier molecular flexibility index (Phi) is 3.99. The van der Waals surface area contributed by atoms with Gasteiger partial charge in [-0.05, 0) is 23.8 Å². The molecule has 2 aromatic rings. The van der Waals surface area contributed by atoms with Crippen LogP contribution in [0.3, 0.4) is 0 Å². The van der Waals surface area contributed by atoms with E-state index in [1.165, 1.54) is 29.2 Å². The molecular formula is C17H15N3O4. The number of para-hydroxylation sites is 1. The molecule has 0 aliphatic carbocycles. The van der Waals surface area contributed by atoms with Gasteiger partial charge in [-0.1, -0.05) is 18.2 Å². The van der Waals surface area contributed by atoms with E-state index in [2.05, 4.69) is 5.32 Å². The number of amides is 2. The van der Waals surface area contributed by atoms with Crippen LogP contribution in [0.1, 0.15) is 17.9 Å². The van der Waals surface area contributed by atoms with E-state index in [9.17, 15) is 19.7 Å². The lowest BCUT2D eigenvalue weighted by Crippen LogP contribution is -2.36. The van der Waals surface area contributed by atoms with E-state index in [0.717, 1.165) is 5.56 Å². The Bertz CT molecular complexity index is 817. The number of non-ortho nitro benzene ring substituents is 1. The number of carbonyl (C=O) groups is 2. The molecular weight excluding hydrogens is 310 g/mol. The Balaban J connectivity index is 1.88. The number of nitrogens with zero attached hydrogens (tertiary/aromatic N) is 2. The van der Waals surface area contributed by atoms with Crippen molar-refractivity contribution in [3.8, 4) is 0 Å². The van der Waals surface area contributed by atoms with Crippen molar-refractivity contribution in [2.75, 3.05) is 17.3 Å². The van der Waals surface area contributed by atoms with Gasteiger partial charge in [0, 0.05) is 37.0 Å². The SMILES string of the molecule is CN(C(=O)C1CC(=O)Nc2ccccc21)c1ccc([N+](=O)[O-])cc1. The Labute approximate surface area is 138 Å². The number of hydrogen-bond acceptors (Lipinski definition) is 4. The molecule has 7 heteroatoms. The van der Waals surface area contributed by atoms with Gasteiger partial charge < -0.3 is 10.2 Å². The van der Waals surface area contributed by atoms with E-state index in [4.69, 9.17) is 0 Å². The third-order valence-electron chi connectivity index (χ3n) is 4.08. The van der Waals surface area contributed by atoms with Gasteiger partial charge in [-0.25, -0.2) is 0 Å². The largest absolute Gasteiger partial charge is 0.326 e. The monoisotopic (exact) mass is 325 g/mol. The van der Waals surface area contributed by atoms with E-state index in [1.807, 2.05) is 12.1 Å². The molecule has 1 aliphatic heterocycles. The average molecular weight is 325 g/mol. The molecule has 1 atom stereocenters. The van der Waals surface area contributed by atoms with E-state index < -0.39 is 10.8 Å². The van der Waals surface area contributed by atoms with Crippen molar-refractivity contribution in [2.45, 2.75) is 12.3 Å². The molecule has 0 bridgehead atoms. The fourth-order valence-corrected chi connectivity index (χ4v) is 2.79. The Morgan fingerprint density at radius 1 is 1.21 bits per heavy atom. The van der Waals surface area contributed by atoms with Gasteiger partial charge in [0.2, 0.25) is 11.8 Å². The first-order valence-electron chi connectivity index (χ1n) is 7.38. The zero-order valence-electron chi connectivity index (χ0n) is 12.9. The smallest absolute Gasteiger partial charge is 0.269 e. The number of anilines is 2. The van der Waals surface area contributed by atoms with Crippen LogP contribution in [0.5, 0.6) is 0 Å². The zero-order chi connectivity index (χ0) is 17.3. The van der Waals surface area contributed by atoms with Crippen LogP contribution in [-0.4, -0.2) is 23.8 Å². The van der Waals surface area contributed by atoms with Gasteiger partial charge in [-0.3, -0.25) is 19.7 Å². The maximum atomic E-state index is 12.8. The predicted octanol–water partition coefficient (Wildman–Crippen LogP) is 2.68. The minimum atomic E-state index is -0.574. The highest BCUT2D eigenvalue weighted by Crippen LogP contribution is 2.34. The van der Waals surface area contributed by atoms with Crippen molar-refractivity contribution in [1.29, 1.82) is 0 Å². The van der Waals surface area contributed by atoms with Gasteiger partial charge in [0.25, 0.3) is 5.69 Å². The number of hydrogen-bond donors (Lipinski definition) is 1. The summed E-state index contributed by atoms with van der Waals surface area (Å²) in [5.41, 5.74) is 1.91. The summed E-state index contributed by atoms with van der Waals surface area (Å²) in [4.78, 5) is 36.3. The van der Waals surface area contributed by atoms with Gasteiger partial charge in [0.1, 0.15) is 0 Å². The number of nitrogens with one attached hydrogen (secondary N) is 1. The number of nitro benzene ring substituents is 1. The second-order valence-corrected chi connectivity index (χ2v) is 5.56. The molecule has 7 nitrogen and oxygen atoms in total. The van der Waals surface area contributed by atoms with Crippen LogP contribution >= 0.6 is 0 Å². The molecule has 0 fully saturated rings. The standard InChI is InChI=1S/C17H15N3O4/c1-19(11-6-8-12(9-7-11)20(23)24)17(22)14-10-16(21)18-15-5-3-2-4-13(14)15/h2-9,14H,10H2,1H3,(H,18,21). The number of nitro groups is 1. The van der Waals surface area contributed by atoms with Crippen LogP contribution < -0.4 is 10.2 Å². The Hall–Kier alpha value is -3.22.